The molecule has 5 nitrogen and oxygen atoms in total. The molecule has 0 atom stereocenters. The van der Waals surface area contributed by atoms with Crippen molar-refractivity contribution in [2.75, 3.05) is 38.0 Å². The van der Waals surface area contributed by atoms with E-state index in [9.17, 15) is 0 Å². The van der Waals surface area contributed by atoms with Crippen LogP contribution in [0.4, 0.5) is 10.9 Å². The number of aromatic nitrogens is 2. The van der Waals surface area contributed by atoms with Crippen LogP contribution in [-0.4, -0.2) is 38.2 Å². The molecule has 21 heavy (non-hydrogen) atoms. The van der Waals surface area contributed by atoms with Gasteiger partial charge in [-0.2, -0.15) is 0 Å². The second-order valence-electron chi connectivity index (χ2n) is 5.03. The summed E-state index contributed by atoms with van der Waals surface area (Å²) in [5.41, 5.74) is 1.19. The molecule has 0 fully saturated rings. The lowest BCUT2D eigenvalue weighted by atomic mass is 10.3. The monoisotopic (exact) mass is 327 g/mol. The van der Waals surface area contributed by atoms with E-state index in [4.69, 9.17) is 0 Å². The van der Waals surface area contributed by atoms with Gasteiger partial charge in [0.2, 0.25) is 0 Å². The number of halogens is 1. The number of nitrogens with one attached hydrogen (secondary N) is 1. The van der Waals surface area contributed by atoms with Crippen LogP contribution in [0, 0.1) is 0 Å². The first-order valence-electron chi connectivity index (χ1n) is 6.51. The van der Waals surface area contributed by atoms with Crippen LogP contribution in [0.5, 0.6) is 0 Å². The van der Waals surface area contributed by atoms with Crippen LogP contribution in [0.15, 0.2) is 24.5 Å². The zero-order valence-corrected chi connectivity index (χ0v) is 14.5. The summed E-state index contributed by atoms with van der Waals surface area (Å²) in [5, 5.41) is 4.46. The number of anilines is 2. The molecule has 116 valence electrons. The summed E-state index contributed by atoms with van der Waals surface area (Å²) in [5.74, 6) is 0.979. The Bertz CT molecular complexity index is 539. The van der Waals surface area contributed by atoms with Crippen molar-refractivity contribution in [2.45, 2.75) is 13.1 Å². The van der Waals surface area contributed by atoms with Gasteiger partial charge in [-0.1, -0.05) is 6.07 Å². The zero-order chi connectivity index (χ0) is 14.5. The summed E-state index contributed by atoms with van der Waals surface area (Å²) in [6, 6.07) is 4.14. The van der Waals surface area contributed by atoms with Gasteiger partial charge in [0.1, 0.15) is 5.82 Å². The van der Waals surface area contributed by atoms with Gasteiger partial charge in [0.15, 0.2) is 5.13 Å². The van der Waals surface area contributed by atoms with E-state index in [0.29, 0.717) is 0 Å². The number of thiazole rings is 1. The van der Waals surface area contributed by atoms with Crippen LogP contribution in [0.2, 0.25) is 0 Å². The van der Waals surface area contributed by atoms with Crippen molar-refractivity contribution in [3.63, 3.8) is 0 Å². The van der Waals surface area contributed by atoms with E-state index in [1.54, 1.807) is 11.3 Å². The van der Waals surface area contributed by atoms with Crippen molar-refractivity contribution in [1.82, 2.24) is 15.3 Å². The van der Waals surface area contributed by atoms with Crippen molar-refractivity contribution in [2.24, 2.45) is 0 Å². The van der Waals surface area contributed by atoms with Crippen LogP contribution in [0.1, 0.15) is 10.4 Å². The number of hydrogen-bond acceptors (Lipinski definition) is 6. The van der Waals surface area contributed by atoms with Gasteiger partial charge in [-0.25, -0.2) is 9.97 Å². The number of pyridine rings is 1. The lowest BCUT2D eigenvalue weighted by Crippen LogP contribution is -2.13. The molecule has 0 aliphatic rings. The molecule has 2 aromatic rings. The Labute approximate surface area is 136 Å². The van der Waals surface area contributed by atoms with Gasteiger partial charge in [0.25, 0.3) is 0 Å². The third-order valence-corrected chi connectivity index (χ3v) is 3.98. The maximum atomic E-state index is 4.40. The minimum absolute atomic E-state index is 0. The Hall–Kier alpha value is -1.37. The molecular formula is C14H22ClN5S. The second kappa shape index (κ2) is 8.17. The van der Waals surface area contributed by atoms with E-state index in [1.807, 2.05) is 56.5 Å². The van der Waals surface area contributed by atoms with Crippen molar-refractivity contribution >= 4 is 34.7 Å². The van der Waals surface area contributed by atoms with E-state index >= 15 is 0 Å². The molecule has 1 N–H and O–H groups in total. The Kier molecular flexibility index (Phi) is 6.87. The van der Waals surface area contributed by atoms with Crippen LogP contribution >= 0.6 is 23.7 Å². The van der Waals surface area contributed by atoms with Crippen LogP contribution in [0.3, 0.4) is 0 Å². The molecular weight excluding hydrogens is 306 g/mol. The highest BCUT2D eigenvalue weighted by Crippen LogP contribution is 2.20. The van der Waals surface area contributed by atoms with Crippen LogP contribution in [0.25, 0.3) is 0 Å². The molecule has 0 saturated heterocycles. The summed E-state index contributed by atoms with van der Waals surface area (Å²) < 4.78 is 0. The van der Waals surface area contributed by atoms with Crippen molar-refractivity contribution < 1.29 is 0 Å². The van der Waals surface area contributed by atoms with E-state index < -0.39 is 0 Å². The fourth-order valence-electron chi connectivity index (χ4n) is 1.70. The minimum Gasteiger partial charge on any atom is -0.363 e. The topological polar surface area (TPSA) is 44.3 Å². The molecule has 2 rings (SSSR count). The summed E-state index contributed by atoms with van der Waals surface area (Å²) in [6.07, 6.45) is 3.85. The Morgan fingerprint density at radius 1 is 1.00 bits per heavy atom. The fourth-order valence-corrected chi connectivity index (χ4v) is 2.50. The summed E-state index contributed by atoms with van der Waals surface area (Å²) in [7, 11) is 8.00. The van der Waals surface area contributed by atoms with Gasteiger partial charge in [-0.3, -0.25) is 0 Å². The molecule has 2 aromatic heterocycles. The lowest BCUT2D eigenvalue weighted by molar-refractivity contribution is 0.698. The highest BCUT2D eigenvalue weighted by Gasteiger charge is 2.03. The Morgan fingerprint density at radius 2 is 1.76 bits per heavy atom. The molecule has 0 radical (unpaired) electrons. The van der Waals surface area contributed by atoms with Gasteiger partial charge >= 0.3 is 0 Å². The summed E-state index contributed by atoms with van der Waals surface area (Å²) in [4.78, 5) is 14.0. The molecule has 0 aliphatic heterocycles. The van der Waals surface area contributed by atoms with Crippen LogP contribution < -0.4 is 15.1 Å². The minimum atomic E-state index is 0. The van der Waals surface area contributed by atoms with Gasteiger partial charge in [-0.15, -0.1) is 23.7 Å². The van der Waals surface area contributed by atoms with E-state index in [0.717, 1.165) is 24.0 Å². The summed E-state index contributed by atoms with van der Waals surface area (Å²) >= 11 is 1.71. The number of nitrogens with zero attached hydrogens (tertiary/aromatic N) is 4. The lowest BCUT2D eigenvalue weighted by Gasteiger charge is -2.11. The van der Waals surface area contributed by atoms with E-state index in [-0.39, 0.29) is 12.4 Å². The quantitative estimate of drug-likeness (QED) is 0.882. The Balaban J connectivity index is 0.00000220. The smallest absolute Gasteiger partial charge is 0.185 e. The SMILES string of the molecule is CN(C)c1ccc(CNCc2cnc(N(C)C)s2)cn1.Cl. The fraction of sp³-hybridized carbons (Fsp3) is 0.429. The molecule has 0 aliphatic carbocycles. The predicted molar refractivity (Wildman–Crippen MR) is 92.8 cm³/mol. The molecule has 0 amide bonds. The molecule has 0 aromatic carbocycles. The highest BCUT2D eigenvalue weighted by atomic mass is 35.5. The predicted octanol–water partition coefficient (Wildman–Crippen LogP) is 2.38. The standard InChI is InChI=1S/C14H21N5S.ClH/c1-18(2)13-6-5-11(8-16-13)7-15-9-12-10-17-14(20-12)19(3)4;/h5-6,8,10,15H,7,9H2,1-4H3;1H. The molecule has 7 heteroatoms. The first-order chi connectivity index (χ1) is 9.56. The van der Waals surface area contributed by atoms with Gasteiger partial charge in [0, 0.05) is 58.6 Å². The van der Waals surface area contributed by atoms with E-state index in [1.165, 1.54) is 10.4 Å². The molecule has 0 unspecified atom stereocenters. The van der Waals surface area contributed by atoms with Crippen LogP contribution in [-0.2, 0) is 13.1 Å². The molecule has 0 bridgehead atoms. The maximum absolute atomic E-state index is 4.40. The first kappa shape index (κ1) is 17.7. The van der Waals surface area contributed by atoms with Crippen molar-refractivity contribution in [1.29, 1.82) is 0 Å². The van der Waals surface area contributed by atoms with E-state index in [2.05, 4.69) is 21.4 Å². The number of hydrogen-bond donors (Lipinski definition) is 1. The second-order valence-corrected chi connectivity index (χ2v) is 6.12. The molecule has 0 spiro atoms. The van der Waals surface area contributed by atoms with Gasteiger partial charge in [-0.05, 0) is 11.6 Å². The van der Waals surface area contributed by atoms with Crippen molar-refractivity contribution in [3.8, 4) is 0 Å². The molecule has 2 heterocycles. The normalized spacial score (nSPS) is 10.1. The van der Waals surface area contributed by atoms with Gasteiger partial charge < -0.3 is 15.1 Å². The highest BCUT2D eigenvalue weighted by molar-refractivity contribution is 7.15. The largest absolute Gasteiger partial charge is 0.363 e. The van der Waals surface area contributed by atoms with Crippen molar-refractivity contribution in [3.05, 3.63) is 35.0 Å². The third kappa shape index (κ3) is 5.15. The zero-order valence-electron chi connectivity index (χ0n) is 12.8. The Morgan fingerprint density at radius 3 is 2.29 bits per heavy atom. The number of rotatable bonds is 6. The summed E-state index contributed by atoms with van der Waals surface area (Å²) in [6.45, 7) is 1.65. The third-order valence-electron chi connectivity index (χ3n) is 2.82. The first-order valence-corrected chi connectivity index (χ1v) is 7.33. The molecule has 0 saturated carbocycles. The average Bonchev–Trinajstić information content (AvgIpc) is 2.88. The maximum Gasteiger partial charge on any atom is 0.185 e. The van der Waals surface area contributed by atoms with Gasteiger partial charge in [0.05, 0.1) is 0 Å². The average molecular weight is 328 g/mol.